The van der Waals surface area contributed by atoms with Gasteiger partial charge in [-0.1, -0.05) is 27.5 Å². The van der Waals surface area contributed by atoms with Gasteiger partial charge in [-0.05, 0) is 32.0 Å². The van der Waals surface area contributed by atoms with E-state index in [-0.39, 0.29) is 28.6 Å². The second kappa shape index (κ2) is 7.27. The third-order valence-electron chi connectivity index (χ3n) is 3.05. The Kier molecular flexibility index (Phi) is 5.70. The maximum atomic E-state index is 12.7. The molecule has 10 heteroatoms. The highest BCUT2D eigenvalue weighted by atomic mass is 79.9. The molecule has 25 heavy (non-hydrogen) atoms. The number of nitrogens with zero attached hydrogens (tertiary/aromatic N) is 2. The molecule has 136 valence electrons. The summed E-state index contributed by atoms with van der Waals surface area (Å²) in [6.45, 7) is -0.216. The molecule has 2 aromatic rings. The van der Waals surface area contributed by atoms with Gasteiger partial charge in [0.05, 0.1) is 17.8 Å². The average molecular weight is 440 g/mol. The van der Waals surface area contributed by atoms with Gasteiger partial charge in [0.2, 0.25) is 0 Å². The minimum absolute atomic E-state index is 0.0596. The standard InChI is InChI=1S/C15H14BrClF2N2O4/c1-15(2,24)6-21-12(10(17)11(20-21)13(22)23)8-4-3-7(16)5-9(8)25-14(18)19/h3-5,14,24H,6H2,1-2H3,(H,22,23). The minimum Gasteiger partial charge on any atom is -0.476 e. The van der Waals surface area contributed by atoms with E-state index in [9.17, 15) is 23.8 Å². The summed E-state index contributed by atoms with van der Waals surface area (Å²) in [6.07, 6.45) is 0. The summed E-state index contributed by atoms with van der Waals surface area (Å²) in [5.41, 5.74) is -1.52. The van der Waals surface area contributed by atoms with Gasteiger partial charge in [0.15, 0.2) is 5.69 Å². The first kappa shape index (κ1) is 19.6. The van der Waals surface area contributed by atoms with Crippen molar-refractivity contribution in [3.05, 3.63) is 33.4 Å². The van der Waals surface area contributed by atoms with Crippen LogP contribution in [0.4, 0.5) is 8.78 Å². The number of ether oxygens (including phenoxy) is 1. The lowest BCUT2D eigenvalue weighted by Crippen LogP contribution is -2.27. The summed E-state index contributed by atoms with van der Waals surface area (Å²) in [6, 6.07) is 4.31. The van der Waals surface area contributed by atoms with Gasteiger partial charge in [-0.15, -0.1) is 0 Å². The highest BCUT2D eigenvalue weighted by molar-refractivity contribution is 9.10. The predicted molar refractivity (Wildman–Crippen MR) is 90.3 cm³/mol. The summed E-state index contributed by atoms with van der Waals surface area (Å²) >= 11 is 9.29. The summed E-state index contributed by atoms with van der Waals surface area (Å²) in [4.78, 5) is 11.3. The van der Waals surface area contributed by atoms with Crippen molar-refractivity contribution in [3.63, 3.8) is 0 Å². The van der Waals surface area contributed by atoms with Gasteiger partial charge in [-0.2, -0.15) is 13.9 Å². The Morgan fingerprint density at radius 3 is 2.64 bits per heavy atom. The fourth-order valence-corrected chi connectivity index (χ4v) is 2.86. The van der Waals surface area contributed by atoms with Gasteiger partial charge in [0, 0.05) is 10.0 Å². The largest absolute Gasteiger partial charge is 0.476 e. The molecular formula is C15H14BrClF2N2O4. The van der Waals surface area contributed by atoms with E-state index >= 15 is 0 Å². The zero-order valence-electron chi connectivity index (χ0n) is 13.1. The molecule has 0 aliphatic carbocycles. The van der Waals surface area contributed by atoms with E-state index in [1.807, 2.05) is 0 Å². The number of benzene rings is 1. The van der Waals surface area contributed by atoms with Crippen molar-refractivity contribution < 1.29 is 28.5 Å². The van der Waals surface area contributed by atoms with Gasteiger partial charge in [-0.25, -0.2) is 4.79 Å². The number of aromatic carboxylic acids is 1. The molecule has 0 atom stereocenters. The van der Waals surface area contributed by atoms with Gasteiger partial charge in [0.25, 0.3) is 0 Å². The molecular weight excluding hydrogens is 426 g/mol. The molecule has 0 amide bonds. The molecule has 2 N–H and O–H groups in total. The Morgan fingerprint density at radius 1 is 1.48 bits per heavy atom. The van der Waals surface area contributed by atoms with E-state index in [4.69, 9.17) is 11.6 Å². The third kappa shape index (κ3) is 4.68. The van der Waals surface area contributed by atoms with Gasteiger partial charge in [-0.3, -0.25) is 4.68 Å². The number of hydrogen-bond donors (Lipinski definition) is 2. The Labute approximate surface area is 155 Å². The molecule has 0 saturated carbocycles. The van der Waals surface area contributed by atoms with Crippen LogP contribution in [0.2, 0.25) is 5.02 Å². The second-order valence-electron chi connectivity index (χ2n) is 5.81. The molecule has 0 unspecified atom stereocenters. The van der Waals surface area contributed by atoms with Crippen LogP contribution >= 0.6 is 27.5 Å². The lowest BCUT2D eigenvalue weighted by atomic mass is 10.1. The average Bonchev–Trinajstić information content (AvgIpc) is 2.74. The lowest BCUT2D eigenvalue weighted by molar-refractivity contribution is -0.0495. The van der Waals surface area contributed by atoms with Crippen LogP contribution < -0.4 is 4.74 Å². The SMILES string of the molecule is CC(C)(O)Cn1nc(C(=O)O)c(Cl)c1-c1ccc(Br)cc1OC(F)F. The van der Waals surface area contributed by atoms with Crippen molar-refractivity contribution in [2.24, 2.45) is 0 Å². The highest BCUT2D eigenvalue weighted by Crippen LogP contribution is 2.39. The van der Waals surface area contributed by atoms with E-state index in [0.717, 1.165) is 4.68 Å². The van der Waals surface area contributed by atoms with Crippen LogP contribution in [-0.2, 0) is 6.54 Å². The number of carboxylic acids is 1. The molecule has 1 heterocycles. The topological polar surface area (TPSA) is 84.6 Å². The zero-order chi connectivity index (χ0) is 18.9. The summed E-state index contributed by atoms with van der Waals surface area (Å²) in [5, 5.41) is 22.9. The molecule has 0 aliphatic heterocycles. The van der Waals surface area contributed by atoms with Crippen molar-refractivity contribution in [3.8, 4) is 17.0 Å². The molecule has 0 radical (unpaired) electrons. The quantitative estimate of drug-likeness (QED) is 0.710. The zero-order valence-corrected chi connectivity index (χ0v) is 15.5. The van der Waals surface area contributed by atoms with Crippen LogP contribution in [-0.4, -0.2) is 38.2 Å². The Bertz CT molecular complexity index is 806. The molecule has 2 rings (SSSR count). The minimum atomic E-state index is -3.09. The number of aromatic nitrogens is 2. The number of carboxylic acid groups (broad SMARTS) is 1. The van der Waals surface area contributed by atoms with Gasteiger partial charge in [0.1, 0.15) is 10.8 Å². The van der Waals surface area contributed by atoms with Crippen molar-refractivity contribution in [2.75, 3.05) is 0 Å². The molecule has 0 fully saturated rings. The Hall–Kier alpha value is -1.71. The molecule has 1 aromatic carbocycles. The van der Waals surface area contributed by atoms with Crippen molar-refractivity contribution in [2.45, 2.75) is 32.6 Å². The molecule has 0 saturated heterocycles. The van der Waals surface area contributed by atoms with Crippen LogP contribution in [0, 0.1) is 0 Å². The summed E-state index contributed by atoms with van der Waals surface area (Å²) < 4.78 is 31.6. The number of alkyl halides is 2. The molecule has 1 aromatic heterocycles. The van der Waals surface area contributed by atoms with Crippen molar-refractivity contribution >= 4 is 33.5 Å². The van der Waals surface area contributed by atoms with E-state index in [2.05, 4.69) is 25.8 Å². The first-order valence-corrected chi connectivity index (χ1v) is 8.13. The Morgan fingerprint density at radius 2 is 2.12 bits per heavy atom. The van der Waals surface area contributed by atoms with Crippen LogP contribution in [0.1, 0.15) is 24.3 Å². The first-order chi connectivity index (χ1) is 11.5. The van der Waals surface area contributed by atoms with Crippen molar-refractivity contribution in [1.29, 1.82) is 0 Å². The number of aliphatic hydroxyl groups is 1. The van der Waals surface area contributed by atoms with E-state index < -0.39 is 23.9 Å². The second-order valence-corrected chi connectivity index (χ2v) is 7.10. The monoisotopic (exact) mass is 438 g/mol. The number of carbonyl (C=O) groups is 1. The summed E-state index contributed by atoms with van der Waals surface area (Å²) in [7, 11) is 0. The van der Waals surface area contributed by atoms with E-state index in [1.165, 1.54) is 26.0 Å². The normalized spacial score (nSPS) is 11.8. The first-order valence-electron chi connectivity index (χ1n) is 6.96. The number of halogens is 4. The van der Waals surface area contributed by atoms with E-state index in [1.54, 1.807) is 6.07 Å². The number of hydrogen-bond acceptors (Lipinski definition) is 4. The smallest absolute Gasteiger partial charge is 0.387 e. The van der Waals surface area contributed by atoms with Crippen LogP contribution in [0.15, 0.2) is 22.7 Å². The molecule has 0 aliphatic rings. The molecule has 0 bridgehead atoms. The molecule has 0 spiro atoms. The fourth-order valence-electron chi connectivity index (χ4n) is 2.20. The maximum Gasteiger partial charge on any atom is 0.387 e. The summed E-state index contributed by atoms with van der Waals surface area (Å²) in [5.74, 6) is -1.59. The van der Waals surface area contributed by atoms with Crippen LogP contribution in [0.3, 0.4) is 0 Å². The van der Waals surface area contributed by atoms with Gasteiger partial charge >= 0.3 is 12.6 Å². The van der Waals surface area contributed by atoms with Crippen molar-refractivity contribution in [1.82, 2.24) is 9.78 Å². The fraction of sp³-hybridized carbons (Fsp3) is 0.333. The predicted octanol–water partition coefficient (Wildman–Crippen LogP) is 4.04. The third-order valence-corrected chi connectivity index (χ3v) is 3.90. The Balaban J connectivity index is 2.71. The number of rotatable bonds is 6. The van der Waals surface area contributed by atoms with Gasteiger partial charge < -0.3 is 14.9 Å². The lowest BCUT2D eigenvalue weighted by Gasteiger charge is -2.20. The van der Waals surface area contributed by atoms with E-state index in [0.29, 0.717) is 4.47 Å². The van der Waals surface area contributed by atoms with Crippen LogP contribution in [0.25, 0.3) is 11.3 Å². The highest BCUT2D eigenvalue weighted by Gasteiger charge is 2.28. The maximum absolute atomic E-state index is 12.7. The molecule has 6 nitrogen and oxygen atoms in total. The van der Waals surface area contributed by atoms with Crippen LogP contribution in [0.5, 0.6) is 5.75 Å².